The maximum absolute atomic E-state index is 11.6. The van der Waals surface area contributed by atoms with E-state index in [1.165, 1.54) is 14.2 Å². The Morgan fingerprint density at radius 2 is 1.82 bits per heavy atom. The van der Waals surface area contributed by atoms with Crippen molar-refractivity contribution in [3.8, 4) is 22.6 Å². The third-order valence-corrected chi connectivity index (χ3v) is 3.44. The summed E-state index contributed by atoms with van der Waals surface area (Å²) in [7, 11) is 3.05. The smallest absolute Gasteiger partial charge is 0.372 e. The second kappa shape index (κ2) is 5.44. The highest BCUT2D eigenvalue weighted by Gasteiger charge is 2.24. The Kier molecular flexibility index (Phi) is 3.47. The Bertz CT molecular complexity index is 833. The minimum absolute atomic E-state index is 0.118. The number of carbonyl (C=O) groups is 1. The minimum atomic E-state index is -1.13. The van der Waals surface area contributed by atoms with Gasteiger partial charge in [-0.1, -0.05) is 30.3 Å². The van der Waals surface area contributed by atoms with Crippen molar-refractivity contribution < 1.29 is 23.8 Å². The quantitative estimate of drug-likeness (QED) is 0.793. The molecule has 0 aliphatic carbocycles. The largest absolute Gasteiger partial charge is 0.496 e. The van der Waals surface area contributed by atoms with Crippen LogP contribution in [0.1, 0.15) is 10.6 Å². The molecule has 0 atom stereocenters. The third kappa shape index (κ3) is 2.16. The minimum Gasteiger partial charge on any atom is -0.496 e. The van der Waals surface area contributed by atoms with E-state index in [1.54, 1.807) is 12.1 Å². The lowest BCUT2D eigenvalue weighted by molar-refractivity contribution is 0.0666. The number of fused-ring (bicyclic) bond motifs is 1. The zero-order chi connectivity index (χ0) is 15.7. The molecule has 5 heteroatoms. The molecule has 1 aromatic heterocycles. The molecule has 5 nitrogen and oxygen atoms in total. The molecule has 0 radical (unpaired) electrons. The fourth-order valence-corrected chi connectivity index (χ4v) is 2.48. The predicted molar refractivity (Wildman–Crippen MR) is 81.7 cm³/mol. The number of aromatic carboxylic acids is 1. The van der Waals surface area contributed by atoms with Gasteiger partial charge < -0.3 is 19.0 Å². The number of carboxylic acids is 1. The number of hydrogen-bond acceptors (Lipinski definition) is 4. The normalized spacial score (nSPS) is 10.6. The highest BCUT2D eigenvalue weighted by Crippen LogP contribution is 2.42. The number of rotatable bonds is 4. The van der Waals surface area contributed by atoms with Crippen LogP contribution in [0.2, 0.25) is 0 Å². The number of furan rings is 1. The second-order valence-corrected chi connectivity index (χ2v) is 4.68. The maximum atomic E-state index is 11.6. The van der Waals surface area contributed by atoms with Crippen molar-refractivity contribution in [3.05, 3.63) is 48.2 Å². The van der Waals surface area contributed by atoms with Gasteiger partial charge in [0.25, 0.3) is 0 Å². The number of methoxy groups -OCH3 is 2. The molecule has 0 saturated heterocycles. The van der Waals surface area contributed by atoms with Crippen LogP contribution >= 0.6 is 0 Å². The van der Waals surface area contributed by atoms with Crippen LogP contribution in [-0.4, -0.2) is 25.3 Å². The Labute approximate surface area is 126 Å². The summed E-state index contributed by atoms with van der Waals surface area (Å²) in [4.78, 5) is 11.6. The molecule has 0 spiro atoms. The molecule has 0 unspecified atom stereocenters. The summed E-state index contributed by atoms with van der Waals surface area (Å²) in [5, 5.41) is 10.1. The molecule has 3 rings (SSSR count). The molecule has 0 fully saturated rings. The van der Waals surface area contributed by atoms with Crippen LogP contribution in [0.15, 0.2) is 46.9 Å². The highest BCUT2D eigenvalue weighted by atomic mass is 16.5. The van der Waals surface area contributed by atoms with Crippen molar-refractivity contribution in [2.75, 3.05) is 14.2 Å². The summed E-state index contributed by atoms with van der Waals surface area (Å²) in [6.45, 7) is 0. The molecule has 3 aromatic rings. The summed E-state index contributed by atoms with van der Waals surface area (Å²) >= 11 is 0. The van der Waals surface area contributed by atoms with Crippen LogP contribution < -0.4 is 9.47 Å². The van der Waals surface area contributed by atoms with Crippen LogP contribution in [0, 0.1) is 0 Å². The molecule has 112 valence electrons. The van der Waals surface area contributed by atoms with Gasteiger partial charge in [-0.3, -0.25) is 0 Å². The van der Waals surface area contributed by atoms with Gasteiger partial charge in [-0.2, -0.15) is 0 Å². The van der Waals surface area contributed by atoms with Crippen molar-refractivity contribution >= 4 is 16.9 Å². The lowest BCUT2D eigenvalue weighted by Gasteiger charge is -2.07. The van der Waals surface area contributed by atoms with E-state index in [9.17, 15) is 9.90 Å². The summed E-state index contributed by atoms with van der Waals surface area (Å²) < 4.78 is 16.1. The monoisotopic (exact) mass is 298 g/mol. The fraction of sp³-hybridized carbons (Fsp3) is 0.118. The average molecular weight is 298 g/mol. The van der Waals surface area contributed by atoms with Crippen LogP contribution in [0.25, 0.3) is 22.1 Å². The second-order valence-electron chi connectivity index (χ2n) is 4.68. The van der Waals surface area contributed by atoms with Gasteiger partial charge in [0.05, 0.1) is 19.6 Å². The molecule has 1 N–H and O–H groups in total. The van der Waals surface area contributed by atoms with Crippen LogP contribution in [0.3, 0.4) is 0 Å². The summed E-state index contributed by atoms with van der Waals surface area (Å²) in [6, 6.07) is 12.6. The van der Waals surface area contributed by atoms with E-state index in [1.807, 2.05) is 30.3 Å². The molecule has 22 heavy (non-hydrogen) atoms. The summed E-state index contributed by atoms with van der Waals surface area (Å²) in [6.07, 6.45) is 0. The molecular weight excluding hydrogens is 284 g/mol. The van der Waals surface area contributed by atoms with E-state index in [-0.39, 0.29) is 5.76 Å². The first-order chi connectivity index (χ1) is 10.7. The summed E-state index contributed by atoms with van der Waals surface area (Å²) in [5.74, 6) is -0.206. The standard InChI is InChI=1S/C17H14O5/c1-20-11-8-12(21-2)15-13(9-11)22-16(17(18)19)14(15)10-6-4-3-5-7-10/h3-9H,1-2H3,(H,18,19). The molecule has 0 aliphatic rings. The van der Waals surface area contributed by atoms with Gasteiger partial charge in [-0.15, -0.1) is 0 Å². The summed E-state index contributed by atoms with van der Waals surface area (Å²) in [5.41, 5.74) is 1.66. The number of hydrogen-bond donors (Lipinski definition) is 1. The lowest BCUT2D eigenvalue weighted by Crippen LogP contribution is -1.96. The van der Waals surface area contributed by atoms with Crippen molar-refractivity contribution in [3.63, 3.8) is 0 Å². The van der Waals surface area contributed by atoms with Crippen LogP contribution in [-0.2, 0) is 0 Å². The first-order valence-electron chi connectivity index (χ1n) is 6.63. The molecule has 0 amide bonds. The van der Waals surface area contributed by atoms with Crippen LogP contribution in [0.4, 0.5) is 0 Å². The maximum Gasteiger partial charge on any atom is 0.372 e. The van der Waals surface area contributed by atoms with Gasteiger partial charge in [0.15, 0.2) is 0 Å². The zero-order valence-corrected chi connectivity index (χ0v) is 12.1. The SMILES string of the molecule is COc1cc(OC)c2c(-c3ccccc3)c(C(=O)O)oc2c1. The van der Waals surface area contributed by atoms with Gasteiger partial charge in [0, 0.05) is 17.7 Å². The Morgan fingerprint density at radius 1 is 1.09 bits per heavy atom. The first kappa shape index (κ1) is 14.0. The molecular formula is C17H14O5. The van der Waals surface area contributed by atoms with Crippen LogP contribution in [0.5, 0.6) is 11.5 Å². The molecule has 0 bridgehead atoms. The van der Waals surface area contributed by atoms with E-state index in [0.717, 1.165) is 5.56 Å². The number of benzene rings is 2. The Hall–Kier alpha value is -2.95. The Morgan fingerprint density at radius 3 is 2.41 bits per heavy atom. The topological polar surface area (TPSA) is 68.9 Å². The molecule has 0 aliphatic heterocycles. The van der Waals surface area contributed by atoms with E-state index >= 15 is 0 Å². The first-order valence-corrected chi connectivity index (χ1v) is 6.63. The van der Waals surface area contributed by atoms with E-state index in [4.69, 9.17) is 13.9 Å². The molecule has 0 saturated carbocycles. The Balaban J connectivity index is 2.42. The van der Waals surface area contributed by atoms with Crippen molar-refractivity contribution in [1.82, 2.24) is 0 Å². The van der Waals surface area contributed by atoms with E-state index < -0.39 is 5.97 Å². The number of carboxylic acid groups (broad SMARTS) is 1. The van der Waals surface area contributed by atoms with E-state index in [2.05, 4.69) is 0 Å². The van der Waals surface area contributed by atoms with Gasteiger partial charge in [0.1, 0.15) is 17.1 Å². The third-order valence-electron chi connectivity index (χ3n) is 3.44. The molecule has 2 aromatic carbocycles. The van der Waals surface area contributed by atoms with Crippen molar-refractivity contribution in [2.24, 2.45) is 0 Å². The zero-order valence-electron chi connectivity index (χ0n) is 12.1. The van der Waals surface area contributed by atoms with E-state index in [0.29, 0.717) is 28.0 Å². The van der Waals surface area contributed by atoms with Gasteiger partial charge in [0.2, 0.25) is 5.76 Å². The predicted octanol–water partition coefficient (Wildman–Crippen LogP) is 3.82. The lowest BCUT2D eigenvalue weighted by atomic mass is 10.0. The van der Waals surface area contributed by atoms with Gasteiger partial charge in [-0.25, -0.2) is 4.79 Å². The molecule has 1 heterocycles. The van der Waals surface area contributed by atoms with Gasteiger partial charge >= 0.3 is 5.97 Å². The van der Waals surface area contributed by atoms with Crippen molar-refractivity contribution in [2.45, 2.75) is 0 Å². The highest BCUT2D eigenvalue weighted by molar-refractivity contribution is 6.08. The number of ether oxygens (including phenoxy) is 2. The van der Waals surface area contributed by atoms with Crippen molar-refractivity contribution in [1.29, 1.82) is 0 Å². The fourth-order valence-electron chi connectivity index (χ4n) is 2.48. The van der Waals surface area contributed by atoms with Gasteiger partial charge in [-0.05, 0) is 5.56 Å². The average Bonchev–Trinajstić information content (AvgIpc) is 2.94.